The third-order valence-corrected chi connectivity index (χ3v) is 15.7. The number of nitrogens with one attached hydrogen (secondary N) is 22. The molecule has 11 heterocycles. The molecular weight excluding hydrogens is 2080 g/mol. The van der Waals surface area contributed by atoms with Crippen LogP contribution in [-0.2, 0) is 154 Å². The quantitative estimate of drug-likeness (QED) is 0.0495. The molecule has 129 heavy (non-hydrogen) atoms. The molecular formula is C87H110Cu9N33. The molecule has 0 saturated carbocycles. The Morgan fingerprint density at radius 3 is 0.426 bits per heavy atom. The fraction of sp³-hybridized carbons (Fsp3) is 0.0115. The number of hydrogen-bond donors (Lipinski definition) is 22. The first-order chi connectivity index (χ1) is 53.6. The van der Waals surface area contributed by atoms with Crippen LogP contribution in [0.3, 0.4) is 0 Å². The molecule has 12 aliphatic rings. The number of hydrazine groups is 11. The molecule has 42 heteroatoms. The molecule has 722 valence electrons. The molecule has 22 N–H and O–H groups in total. The van der Waals surface area contributed by atoms with Gasteiger partial charge in [-0.25, -0.2) is 0 Å². The average molecular weight is 2190 g/mol. The monoisotopic (exact) mass is 2180 g/mol. The smallest absolute Gasteiger partial charge is 0.602 e. The van der Waals surface area contributed by atoms with Crippen LogP contribution < -0.4 is 121 Å². The van der Waals surface area contributed by atoms with Crippen LogP contribution in [-0.4, -0.2) is 0 Å². The van der Waals surface area contributed by atoms with Crippen molar-refractivity contribution in [2.24, 2.45) is 0 Å². The second-order valence-corrected chi connectivity index (χ2v) is 22.8. The van der Waals surface area contributed by atoms with Gasteiger partial charge in [-0.2, -0.15) is 0 Å². The van der Waals surface area contributed by atoms with Crippen LogP contribution in [0.5, 0.6) is 0 Å². The summed E-state index contributed by atoms with van der Waals surface area (Å²) in [6.07, 6.45) is 5.60. The second kappa shape index (κ2) is 75.3. The first kappa shape index (κ1) is 136. The summed E-state index contributed by atoms with van der Waals surface area (Å²) in [6.45, 7) is 0. The van der Waals surface area contributed by atoms with E-state index in [1.54, 1.807) is 0 Å². The molecule has 4 radical (unpaired) electrons. The van der Waals surface area contributed by atoms with E-state index in [4.69, 9.17) is 0 Å². The van der Waals surface area contributed by atoms with E-state index in [9.17, 15) is 0 Å². The molecule has 24 rings (SSSR count). The van der Waals surface area contributed by atoms with Gasteiger partial charge in [0, 0.05) is 130 Å². The summed E-state index contributed by atoms with van der Waals surface area (Å²) in [7, 11) is 0. The standard InChI is InChI=1S/C9H8.11C6H6N3.12CH3.9Cu/c1-2-5-9-7-3-6-8(9)4-1;11*1-2-4-6-5(3-1)7-9-8-6;;;;;;;;;;;;;;;;;;;;;/h1-2,4-7H,3H2;11*1-4,7,9H;12*1H3;;;;;;;;;/q;17*-1;6*+1;;5*+1;3*+2. The van der Waals surface area contributed by atoms with Gasteiger partial charge in [0.05, 0.1) is 0 Å². The number of hydrogen-bond acceptors (Lipinski definition) is 22. The van der Waals surface area contributed by atoms with E-state index >= 15 is 0 Å². The van der Waals surface area contributed by atoms with Crippen molar-refractivity contribution in [3.05, 3.63) is 464 Å². The average Bonchev–Trinajstić information content (AvgIpc) is 1.88. The maximum absolute atomic E-state index is 3.94. The molecule has 0 saturated heterocycles. The summed E-state index contributed by atoms with van der Waals surface area (Å²) in [5.74, 6) is 0. The van der Waals surface area contributed by atoms with Crippen LogP contribution in [0.2, 0.25) is 0 Å². The summed E-state index contributed by atoms with van der Waals surface area (Å²) in [4.78, 5) is 0. The van der Waals surface area contributed by atoms with E-state index < -0.39 is 0 Å². The molecule has 0 atom stereocenters. The molecule has 12 aromatic carbocycles. The maximum atomic E-state index is 3.94. The van der Waals surface area contributed by atoms with Crippen LogP contribution in [0.4, 0.5) is 125 Å². The Kier molecular flexibility index (Phi) is 79.6. The first-order valence-electron chi connectivity index (χ1n) is 33.7. The summed E-state index contributed by atoms with van der Waals surface area (Å²) in [5.41, 5.74) is 129. The Balaban J connectivity index is -0.000000171. The van der Waals surface area contributed by atoms with Gasteiger partial charge in [0.2, 0.25) is 0 Å². The van der Waals surface area contributed by atoms with Gasteiger partial charge in [-0.15, -0.1) is 75.0 Å². The normalized spacial score (nSPS) is 11.5. The number of para-hydroxylation sites is 22. The van der Waals surface area contributed by atoms with Crippen molar-refractivity contribution in [1.82, 2.24) is 60.9 Å². The molecule has 12 aromatic rings. The van der Waals surface area contributed by atoms with Crippen molar-refractivity contribution >= 4 is 125 Å². The number of nitrogens with zero attached hydrogens (tertiary/aromatic N) is 11. The number of fused-ring (bicyclic) bond motifs is 12. The summed E-state index contributed by atoms with van der Waals surface area (Å²) >= 11 is 0. The minimum Gasteiger partial charge on any atom is -0.602 e. The summed E-state index contributed by atoms with van der Waals surface area (Å²) in [5, 5.41) is 0. The number of benzene rings is 12. The largest absolute Gasteiger partial charge is 2.00 e. The second-order valence-electron chi connectivity index (χ2n) is 22.8. The van der Waals surface area contributed by atoms with E-state index in [0.29, 0.717) is 0 Å². The Morgan fingerprint density at radius 2 is 0.302 bits per heavy atom. The van der Waals surface area contributed by atoms with Gasteiger partial charge < -0.3 is 225 Å². The molecule has 33 nitrogen and oxygen atoms in total. The zero-order valence-corrected chi connectivity index (χ0v) is 80.7. The number of anilines is 11. The molecule has 0 spiro atoms. The van der Waals surface area contributed by atoms with Gasteiger partial charge in [-0.3, -0.25) is 0 Å². The molecule has 0 fully saturated rings. The van der Waals surface area contributed by atoms with E-state index in [2.05, 4.69) is 217 Å². The van der Waals surface area contributed by atoms with E-state index in [-0.39, 0.29) is 243 Å². The van der Waals surface area contributed by atoms with Gasteiger partial charge in [-0.05, 0) is 91.7 Å². The maximum Gasteiger partial charge on any atom is 2.00 e. The van der Waals surface area contributed by atoms with Gasteiger partial charge in [0.15, 0.2) is 0 Å². The fourth-order valence-corrected chi connectivity index (χ4v) is 10.3. The van der Waals surface area contributed by atoms with Gasteiger partial charge in [-0.1, -0.05) is 212 Å². The first-order valence-corrected chi connectivity index (χ1v) is 33.7. The van der Waals surface area contributed by atoms with Gasteiger partial charge in [0.25, 0.3) is 0 Å². The summed E-state index contributed by atoms with van der Waals surface area (Å²) in [6, 6.07) is 94.7. The van der Waals surface area contributed by atoms with Crippen LogP contribution >= 0.6 is 0 Å². The van der Waals surface area contributed by atoms with E-state index in [1.807, 2.05) is 267 Å². The van der Waals surface area contributed by atoms with Crippen molar-refractivity contribution in [3.8, 4) is 0 Å². The van der Waals surface area contributed by atoms with Crippen molar-refractivity contribution in [1.29, 1.82) is 0 Å². The van der Waals surface area contributed by atoms with Crippen molar-refractivity contribution in [3.63, 3.8) is 0 Å². The molecule has 1 aliphatic carbocycles. The van der Waals surface area contributed by atoms with Gasteiger partial charge >= 0.3 is 137 Å². The van der Waals surface area contributed by atoms with Crippen molar-refractivity contribution in [2.45, 2.75) is 6.42 Å². The topological polar surface area (TPSA) is 420 Å². The molecule has 0 unspecified atom stereocenters. The van der Waals surface area contributed by atoms with Crippen LogP contribution in [0, 0.1) is 102 Å². The zero-order chi connectivity index (χ0) is 73.3. The molecule has 11 aliphatic heterocycles. The van der Waals surface area contributed by atoms with E-state index in [0.717, 1.165) is 132 Å². The molecule has 0 amide bonds. The van der Waals surface area contributed by atoms with E-state index in [1.165, 1.54) is 11.1 Å². The van der Waals surface area contributed by atoms with Gasteiger partial charge in [0.1, 0.15) is 0 Å². The predicted octanol–water partition coefficient (Wildman–Crippen LogP) is 24.5. The zero-order valence-electron chi connectivity index (χ0n) is 72.2. The third kappa shape index (κ3) is 41.8. The van der Waals surface area contributed by atoms with Crippen molar-refractivity contribution in [2.75, 3.05) is 59.7 Å². The Morgan fingerprint density at radius 1 is 0.186 bits per heavy atom. The fourth-order valence-electron chi connectivity index (χ4n) is 10.3. The number of rotatable bonds is 0. The SMILES string of the molecule is [CH3+].[CH3+].[CH3+].[CH3+].[CH3+].[CH3+].[CH3-].[CH3-].[CH3-].[CH3-].[CH3-].[CH3-].[Cu+2].[Cu+2].[Cu+2].[Cu+].[Cu+].[Cu+].[Cu+].[Cu+].[Cu].c1ccc2c(c1)[CH+]C[CH-]2.c1ccc2c(c1)[N-]NN2.c1ccc2c(c1)[N-]NN2.c1ccc2c(c1)[N-]NN2.c1ccc2c(c1)[N-]NN2.c1ccc2c(c1)[N-]NN2.c1ccc2c(c1)[N-]NN2.c1ccc2c(c1)[N-]NN2.c1ccc2c(c1)[N-]NN2.c1ccc2c(c1)[N-]NN2.c1ccc2c(c1)[N-]NN2.c1ccc2c(c1)[N-]NN2. The van der Waals surface area contributed by atoms with Crippen LogP contribution in [0.25, 0.3) is 59.7 Å². The van der Waals surface area contributed by atoms with Crippen molar-refractivity contribution < 1.29 is 154 Å². The molecule has 0 bridgehead atoms. The third-order valence-electron chi connectivity index (χ3n) is 15.7. The summed E-state index contributed by atoms with van der Waals surface area (Å²) < 4.78 is 0. The minimum atomic E-state index is 0. The Hall–Kier alpha value is -10.6. The predicted molar refractivity (Wildman–Crippen MR) is 513 cm³/mol. The Labute approximate surface area is 861 Å². The molecule has 0 aromatic heterocycles. The van der Waals surface area contributed by atoms with Crippen LogP contribution in [0.1, 0.15) is 17.5 Å². The Bertz CT molecular complexity index is 3490. The van der Waals surface area contributed by atoms with Crippen LogP contribution in [0.15, 0.2) is 291 Å². The minimum absolute atomic E-state index is 0.